The van der Waals surface area contributed by atoms with Gasteiger partial charge in [0.25, 0.3) is 0 Å². The Morgan fingerprint density at radius 2 is 1.75 bits per heavy atom. The smallest absolute Gasteiger partial charge is 0.0613 e. The Labute approximate surface area is 153 Å². The number of halogens is 1. The number of hydrogen-bond acceptors (Lipinski definition) is 3. The van der Waals surface area contributed by atoms with Crippen LogP contribution in [0.25, 0.3) is 0 Å². The molecule has 2 aromatic rings. The Kier molecular flexibility index (Phi) is 5.93. The van der Waals surface area contributed by atoms with Crippen molar-refractivity contribution in [1.29, 1.82) is 0 Å². The van der Waals surface area contributed by atoms with E-state index in [9.17, 15) is 0 Å². The van der Waals surface area contributed by atoms with Crippen LogP contribution in [0.3, 0.4) is 0 Å². The summed E-state index contributed by atoms with van der Waals surface area (Å²) in [5, 5.41) is 3.51. The summed E-state index contributed by atoms with van der Waals surface area (Å²) >= 11 is 3.77. The van der Waals surface area contributed by atoms with Gasteiger partial charge in [-0.2, -0.15) is 0 Å². The zero-order valence-corrected chi connectivity index (χ0v) is 16.1. The first kappa shape index (κ1) is 17.5. The summed E-state index contributed by atoms with van der Waals surface area (Å²) in [6.07, 6.45) is 1.19. The highest BCUT2D eigenvalue weighted by Crippen LogP contribution is 2.34. The molecule has 128 valence electrons. The number of anilines is 1. The zero-order chi connectivity index (χ0) is 16.9. The van der Waals surface area contributed by atoms with Gasteiger partial charge in [-0.3, -0.25) is 4.90 Å². The molecule has 1 saturated heterocycles. The predicted molar refractivity (Wildman–Crippen MR) is 106 cm³/mol. The second kappa shape index (κ2) is 8.15. The van der Waals surface area contributed by atoms with Crippen molar-refractivity contribution in [2.45, 2.75) is 12.5 Å². The fraction of sp³-hybridized carbons (Fsp3) is 0.400. The lowest BCUT2D eigenvalue weighted by Gasteiger charge is -2.32. The van der Waals surface area contributed by atoms with E-state index in [0.29, 0.717) is 0 Å². The molecular formula is C20H26BrN3. The molecule has 2 aromatic carbocycles. The molecule has 0 aromatic heterocycles. The lowest BCUT2D eigenvalue weighted by molar-refractivity contribution is 0.240. The van der Waals surface area contributed by atoms with Gasteiger partial charge in [0.05, 0.1) is 6.04 Å². The van der Waals surface area contributed by atoms with Gasteiger partial charge in [0.1, 0.15) is 0 Å². The van der Waals surface area contributed by atoms with Gasteiger partial charge >= 0.3 is 0 Å². The van der Waals surface area contributed by atoms with Crippen molar-refractivity contribution in [3.05, 3.63) is 64.1 Å². The predicted octanol–water partition coefficient (Wildman–Crippen LogP) is 3.90. The molecule has 24 heavy (non-hydrogen) atoms. The lowest BCUT2D eigenvalue weighted by Crippen LogP contribution is -2.33. The normalized spacial score (nSPS) is 17.3. The van der Waals surface area contributed by atoms with Crippen molar-refractivity contribution in [2.75, 3.05) is 45.2 Å². The van der Waals surface area contributed by atoms with Crippen LogP contribution in [-0.4, -0.2) is 45.2 Å². The lowest BCUT2D eigenvalue weighted by atomic mass is 9.96. The van der Waals surface area contributed by atoms with E-state index in [4.69, 9.17) is 0 Å². The number of benzene rings is 2. The van der Waals surface area contributed by atoms with Gasteiger partial charge in [-0.15, -0.1) is 0 Å². The summed E-state index contributed by atoms with van der Waals surface area (Å²) in [4.78, 5) is 4.75. The summed E-state index contributed by atoms with van der Waals surface area (Å²) in [5.74, 6) is 0. The third-order valence-corrected chi connectivity index (χ3v) is 5.39. The molecule has 1 atom stereocenters. The van der Waals surface area contributed by atoms with Gasteiger partial charge in [0, 0.05) is 43.9 Å². The molecular weight excluding hydrogens is 362 g/mol. The Morgan fingerprint density at radius 1 is 1.00 bits per heavy atom. The van der Waals surface area contributed by atoms with Crippen LogP contribution in [0, 0.1) is 0 Å². The summed E-state index contributed by atoms with van der Waals surface area (Å²) in [6.45, 7) is 4.35. The number of nitrogens with zero attached hydrogens (tertiary/aromatic N) is 2. The molecule has 3 rings (SSSR count). The minimum atomic E-state index is 0.289. The summed E-state index contributed by atoms with van der Waals surface area (Å²) < 4.78 is 1.18. The number of rotatable bonds is 4. The number of nitrogens with one attached hydrogen (secondary N) is 1. The van der Waals surface area contributed by atoms with Crippen LogP contribution in [0.4, 0.5) is 5.69 Å². The van der Waals surface area contributed by atoms with Gasteiger partial charge in [-0.1, -0.05) is 46.3 Å². The Bertz CT molecular complexity index is 646. The van der Waals surface area contributed by atoms with Crippen LogP contribution in [0.1, 0.15) is 23.6 Å². The molecule has 1 aliphatic rings. The third kappa shape index (κ3) is 4.00. The van der Waals surface area contributed by atoms with Crippen LogP contribution in [0.2, 0.25) is 0 Å². The summed E-state index contributed by atoms with van der Waals surface area (Å²) in [5.41, 5.74) is 3.94. The van der Waals surface area contributed by atoms with E-state index >= 15 is 0 Å². The van der Waals surface area contributed by atoms with Gasteiger partial charge in [-0.05, 0) is 42.3 Å². The second-order valence-electron chi connectivity index (χ2n) is 6.55. The average Bonchev–Trinajstić information content (AvgIpc) is 2.87. The quantitative estimate of drug-likeness (QED) is 0.857. The van der Waals surface area contributed by atoms with E-state index in [-0.39, 0.29) is 6.04 Å². The summed E-state index contributed by atoms with van der Waals surface area (Å²) in [7, 11) is 4.17. The first-order valence-corrected chi connectivity index (χ1v) is 9.42. The van der Waals surface area contributed by atoms with Gasteiger partial charge in [0.15, 0.2) is 0 Å². The Balaban J connectivity index is 1.99. The van der Waals surface area contributed by atoms with Crippen molar-refractivity contribution < 1.29 is 0 Å². The molecule has 3 nitrogen and oxygen atoms in total. The molecule has 0 saturated carbocycles. The molecule has 0 amide bonds. The highest BCUT2D eigenvalue weighted by atomic mass is 79.9. The molecule has 1 aliphatic heterocycles. The van der Waals surface area contributed by atoms with Crippen LogP contribution >= 0.6 is 15.9 Å². The largest absolute Gasteiger partial charge is 0.378 e. The molecule has 0 bridgehead atoms. The summed E-state index contributed by atoms with van der Waals surface area (Å²) in [6, 6.07) is 17.9. The molecule has 4 heteroatoms. The molecule has 1 unspecified atom stereocenters. The van der Waals surface area contributed by atoms with E-state index in [0.717, 1.165) is 26.2 Å². The van der Waals surface area contributed by atoms with Gasteiger partial charge < -0.3 is 10.2 Å². The molecule has 1 N–H and O–H groups in total. The van der Waals surface area contributed by atoms with E-state index in [1.54, 1.807) is 0 Å². The van der Waals surface area contributed by atoms with E-state index in [1.807, 2.05) is 0 Å². The van der Waals surface area contributed by atoms with Crippen LogP contribution < -0.4 is 10.2 Å². The molecule has 1 fully saturated rings. The van der Waals surface area contributed by atoms with E-state index in [2.05, 4.69) is 93.7 Å². The Morgan fingerprint density at radius 3 is 2.46 bits per heavy atom. The third-order valence-electron chi connectivity index (χ3n) is 4.66. The van der Waals surface area contributed by atoms with Gasteiger partial charge in [-0.25, -0.2) is 0 Å². The van der Waals surface area contributed by atoms with Crippen molar-refractivity contribution in [2.24, 2.45) is 0 Å². The van der Waals surface area contributed by atoms with Crippen LogP contribution in [-0.2, 0) is 0 Å². The molecule has 0 radical (unpaired) electrons. The zero-order valence-electron chi connectivity index (χ0n) is 14.5. The highest BCUT2D eigenvalue weighted by molar-refractivity contribution is 9.10. The van der Waals surface area contributed by atoms with E-state index in [1.165, 1.54) is 27.7 Å². The fourth-order valence-corrected chi connectivity index (χ4v) is 3.87. The standard InChI is InChI=1S/C20H26BrN3/c1-23(2)17-10-8-16(9-11-17)20(18-6-3-4-7-19(18)21)24-14-5-12-22-13-15-24/h3-4,6-11,20,22H,5,12-15H2,1-2H3. The second-order valence-corrected chi connectivity index (χ2v) is 7.40. The minimum Gasteiger partial charge on any atom is -0.378 e. The van der Waals surface area contributed by atoms with Crippen molar-refractivity contribution >= 4 is 21.6 Å². The fourth-order valence-electron chi connectivity index (χ4n) is 3.36. The van der Waals surface area contributed by atoms with E-state index < -0.39 is 0 Å². The van der Waals surface area contributed by atoms with Crippen molar-refractivity contribution in [3.8, 4) is 0 Å². The molecule has 0 aliphatic carbocycles. The highest BCUT2D eigenvalue weighted by Gasteiger charge is 2.24. The van der Waals surface area contributed by atoms with Crippen LogP contribution in [0.5, 0.6) is 0 Å². The monoisotopic (exact) mass is 387 g/mol. The maximum Gasteiger partial charge on any atom is 0.0613 e. The molecule has 0 spiro atoms. The molecule has 1 heterocycles. The van der Waals surface area contributed by atoms with Crippen molar-refractivity contribution in [1.82, 2.24) is 10.2 Å². The van der Waals surface area contributed by atoms with Gasteiger partial charge in [0.2, 0.25) is 0 Å². The average molecular weight is 388 g/mol. The first-order valence-electron chi connectivity index (χ1n) is 8.63. The number of hydrogen-bond donors (Lipinski definition) is 1. The maximum absolute atomic E-state index is 3.77. The SMILES string of the molecule is CN(C)c1ccc(C(c2ccccc2Br)N2CCCNCC2)cc1. The Hall–Kier alpha value is -1.36. The maximum atomic E-state index is 3.77. The first-order chi connectivity index (χ1) is 11.7. The minimum absolute atomic E-state index is 0.289. The van der Waals surface area contributed by atoms with Crippen molar-refractivity contribution in [3.63, 3.8) is 0 Å². The topological polar surface area (TPSA) is 18.5 Å². The van der Waals surface area contributed by atoms with Crippen LogP contribution in [0.15, 0.2) is 53.0 Å².